The van der Waals surface area contributed by atoms with Gasteiger partial charge in [-0.05, 0) is 30.8 Å². The third-order valence-corrected chi connectivity index (χ3v) is 3.65. The van der Waals surface area contributed by atoms with Crippen molar-refractivity contribution >= 4 is 11.7 Å². The first-order chi connectivity index (χ1) is 8.89. The molecule has 0 saturated carbocycles. The van der Waals surface area contributed by atoms with Gasteiger partial charge < -0.3 is 10.6 Å². The van der Waals surface area contributed by atoms with Crippen molar-refractivity contribution in [3.05, 3.63) is 11.6 Å². The Morgan fingerprint density at radius 2 is 1.60 bits per heavy atom. The van der Waals surface area contributed by atoms with Crippen LogP contribution in [0.1, 0.15) is 48.5 Å². The Labute approximate surface area is 123 Å². The van der Waals surface area contributed by atoms with Crippen molar-refractivity contribution in [2.24, 2.45) is 17.1 Å². The molecule has 4 nitrogen and oxygen atoms in total. The SMILES string of the molecule is CC(=O)/C(C)=C/[C@H](C(C)C)N(C)C(=O)[C@@H](N)C(C)(C)C. The molecule has 2 atom stereocenters. The molecule has 0 aromatic heterocycles. The van der Waals surface area contributed by atoms with Gasteiger partial charge in [0.2, 0.25) is 5.91 Å². The van der Waals surface area contributed by atoms with Gasteiger partial charge in [-0.2, -0.15) is 0 Å². The molecular weight excluding hydrogens is 252 g/mol. The topological polar surface area (TPSA) is 63.4 Å². The molecule has 0 bridgehead atoms. The maximum Gasteiger partial charge on any atom is 0.240 e. The molecule has 0 unspecified atom stereocenters. The minimum absolute atomic E-state index is 0.0246. The number of carbonyl (C=O) groups is 2. The highest BCUT2D eigenvalue weighted by atomic mass is 16.2. The van der Waals surface area contributed by atoms with Gasteiger partial charge in [-0.25, -0.2) is 0 Å². The van der Waals surface area contributed by atoms with E-state index in [-0.39, 0.29) is 29.1 Å². The van der Waals surface area contributed by atoms with Crippen LogP contribution in [0.5, 0.6) is 0 Å². The summed E-state index contributed by atoms with van der Waals surface area (Å²) in [4.78, 5) is 25.5. The average molecular weight is 282 g/mol. The lowest BCUT2D eigenvalue weighted by atomic mass is 9.86. The van der Waals surface area contributed by atoms with Gasteiger partial charge >= 0.3 is 0 Å². The Morgan fingerprint density at radius 1 is 1.15 bits per heavy atom. The van der Waals surface area contributed by atoms with Crippen molar-refractivity contribution in [3.8, 4) is 0 Å². The number of Topliss-reactive ketones (excluding diaryl/α,β-unsaturated/α-hetero) is 1. The van der Waals surface area contributed by atoms with E-state index in [1.807, 2.05) is 40.7 Å². The number of likely N-dealkylation sites (N-methyl/N-ethyl adjacent to an activating group) is 1. The number of nitrogens with zero attached hydrogens (tertiary/aromatic N) is 1. The number of allylic oxidation sites excluding steroid dienone is 1. The lowest BCUT2D eigenvalue weighted by Crippen LogP contribution is -2.52. The molecule has 0 saturated heterocycles. The van der Waals surface area contributed by atoms with Crippen molar-refractivity contribution in [1.82, 2.24) is 4.90 Å². The largest absolute Gasteiger partial charge is 0.338 e. The Kier molecular flexibility index (Phi) is 6.62. The molecule has 2 N–H and O–H groups in total. The predicted molar refractivity (Wildman–Crippen MR) is 83.3 cm³/mol. The summed E-state index contributed by atoms with van der Waals surface area (Å²) < 4.78 is 0. The number of carbonyl (C=O) groups excluding carboxylic acids is 2. The second kappa shape index (κ2) is 7.02. The molecule has 1 amide bonds. The molecule has 0 spiro atoms. The zero-order valence-electron chi connectivity index (χ0n) is 14.2. The van der Waals surface area contributed by atoms with Crippen LogP contribution >= 0.6 is 0 Å². The second-order valence-electron chi connectivity index (χ2n) is 6.93. The molecule has 20 heavy (non-hydrogen) atoms. The minimum atomic E-state index is -0.556. The van der Waals surface area contributed by atoms with Crippen molar-refractivity contribution in [3.63, 3.8) is 0 Å². The molecule has 0 aliphatic carbocycles. The van der Waals surface area contributed by atoms with E-state index in [2.05, 4.69) is 0 Å². The molecule has 0 aliphatic heterocycles. The van der Waals surface area contributed by atoms with E-state index in [1.54, 1.807) is 18.9 Å². The van der Waals surface area contributed by atoms with E-state index in [0.717, 1.165) is 0 Å². The highest BCUT2D eigenvalue weighted by Gasteiger charge is 2.32. The normalized spacial score (nSPS) is 16.0. The average Bonchev–Trinajstić information content (AvgIpc) is 2.31. The van der Waals surface area contributed by atoms with Crippen LogP contribution in [0.15, 0.2) is 11.6 Å². The molecular formula is C16H30N2O2. The Morgan fingerprint density at radius 3 is 1.90 bits per heavy atom. The molecule has 0 aliphatic rings. The number of amides is 1. The van der Waals surface area contributed by atoms with Gasteiger partial charge in [0.1, 0.15) is 0 Å². The Balaban J connectivity index is 5.28. The first-order valence-electron chi connectivity index (χ1n) is 7.11. The first-order valence-corrected chi connectivity index (χ1v) is 7.11. The van der Waals surface area contributed by atoms with Crippen molar-refractivity contribution in [2.45, 2.75) is 60.5 Å². The van der Waals surface area contributed by atoms with E-state index < -0.39 is 6.04 Å². The van der Waals surface area contributed by atoms with Gasteiger partial charge in [0.25, 0.3) is 0 Å². The Hall–Kier alpha value is -1.16. The monoisotopic (exact) mass is 282 g/mol. The standard InChI is InChI=1S/C16H30N2O2/c1-10(2)13(9-11(3)12(4)19)18(8)15(20)14(17)16(5,6)7/h9-10,13-14H,17H2,1-8H3/b11-9+/t13-,14-/m1/s1. The number of hydrogen-bond acceptors (Lipinski definition) is 3. The summed E-state index contributed by atoms with van der Waals surface area (Å²) in [6.07, 6.45) is 1.86. The van der Waals surface area contributed by atoms with Crippen LogP contribution in [-0.4, -0.2) is 35.7 Å². The highest BCUT2D eigenvalue weighted by Crippen LogP contribution is 2.21. The van der Waals surface area contributed by atoms with Crippen molar-refractivity contribution in [1.29, 1.82) is 0 Å². The zero-order chi connectivity index (χ0) is 16.2. The van der Waals surface area contributed by atoms with Crippen LogP contribution < -0.4 is 5.73 Å². The van der Waals surface area contributed by atoms with Crippen LogP contribution in [0.25, 0.3) is 0 Å². The predicted octanol–water partition coefficient (Wildman–Crippen LogP) is 2.38. The lowest BCUT2D eigenvalue weighted by molar-refractivity contribution is -0.135. The summed E-state index contributed by atoms with van der Waals surface area (Å²) in [6.45, 7) is 13.2. The summed E-state index contributed by atoms with van der Waals surface area (Å²) in [7, 11) is 1.75. The van der Waals surface area contributed by atoms with E-state index in [1.165, 1.54) is 6.92 Å². The van der Waals surface area contributed by atoms with Crippen molar-refractivity contribution < 1.29 is 9.59 Å². The molecule has 0 aromatic rings. The van der Waals surface area contributed by atoms with Crippen LogP contribution in [0.4, 0.5) is 0 Å². The fourth-order valence-electron chi connectivity index (χ4n) is 1.86. The van der Waals surface area contributed by atoms with Gasteiger partial charge in [0.05, 0.1) is 12.1 Å². The summed E-state index contributed by atoms with van der Waals surface area (Å²) in [5, 5.41) is 0. The summed E-state index contributed by atoms with van der Waals surface area (Å²) in [6, 6.07) is -0.681. The van der Waals surface area contributed by atoms with Gasteiger partial charge in [0.15, 0.2) is 5.78 Å². The molecule has 116 valence electrons. The summed E-state index contributed by atoms with van der Waals surface area (Å²) >= 11 is 0. The first kappa shape index (κ1) is 18.8. The molecule has 4 heteroatoms. The number of rotatable bonds is 5. The number of ketones is 1. The quantitative estimate of drug-likeness (QED) is 0.787. The van der Waals surface area contributed by atoms with Gasteiger partial charge in [-0.1, -0.05) is 40.7 Å². The molecule has 0 rings (SSSR count). The summed E-state index contributed by atoms with van der Waals surface area (Å²) in [5.41, 5.74) is 6.43. The van der Waals surface area contributed by atoms with Crippen LogP contribution in [0.2, 0.25) is 0 Å². The third kappa shape index (κ3) is 5.08. The minimum Gasteiger partial charge on any atom is -0.338 e. The number of nitrogens with two attached hydrogens (primary N) is 1. The maximum atomic E-state index is 12.5. The van der Waals surface area contributed by atoms with Crippen LogP contribution in [0, 0.1) is 11.3 Å². The van der Waals surface area contributed by atoms with Crippen LogP contribution in [0.3, 0.4) is 0 Å². The molecule has 0 fully saturated rings. The fourth-order valence-corrected chi connectivity index (χ4v) is 1.86. The molecule has 0 aromatic carbocycles. The van der Waals surface area contributed by atoms with Gasteiger partial charge in [-0.15, -0.1) is 0 Å². The molecule has 0 heterocycles. The Bertz CT molecular complexity index is 392. The van der Waals surface area contributed by atoms with E-state index in [9.17, 15) is 9.59 Å². The van der Waals surface area contributed by atoms with Crippen molar-refractivity contribution in [2.75, 3.05) is 7.05 Å². The van der Waals surface area contributed by atoms with Crippen LogP contribution in [-0.2, 0) is 9.59 Å². The fraction of sp³-hybridized carbons (Fsp3) is 0.750. The van der Waals surface area contributed by atoms with E-state index in [4.69, 9.17) is 5.73 Å². The van der Waals surface area contributed by atoms with E-state index in [0.29, 0.717) is 5.57 Å². The lowest BCUT2D eigenvalue weighted by Gasteiger charge is -2.35. The number of hydrogen-bond donors (Lipinski definition) is 1. The maximum absolute atomic E-state index is 12.5. The zero-order valence-corrected chi connectivity index (χ0v) is 14.2. The second-order valence-corrected chi connectivity index (χ2v) is 6.93. The highest BCUT2D eigenvalue weighted by molar-refractivity contribution is 5.92. The van der Waals surface area contributed by atoms with Gasteiger partial charge in [-0.3, -0.25) is 9.59 Å². The van der Waals surface area contributed by atoms with Gasteiger partial charge in [0, 0.05) is 7.05 Å². The third-order valence-electron chi connectivity index (χ3n) is 3.65. The van der Waals surface area contributed by atoms with E-state index >= 15 is 0 Å². The summed E-state index contributed by atoms with van der Waals surface area (Å²) in [5.74, 6) is 0.144. The smallest absolute Gasteiger partial charge is 0.240 e. The molecule has 0 radical (unpaired) electrons.